The van der Waals surface area contributed by atoms with Crippen molar-refractivity contribution in [2.24, 2.45) is 0 Å². The van der Waals surface area contributed by atoms with Crippen LogP contribution in [0.15, 0.2) is 48.2 Å². The molecule has 0 aliphatic carbocycles. The number of carbonyl (C=O) groups excluding carboxylic acids is 1. The molecule has 134 valence electrons. The summed E-state index contributed by atoms with van der Waals surface area (Å²) in [5, 5.41) is 15.2. The number of nitrogens with zero attached hydrogens (tertiary/aromatic N) is 1. The summed E-state index contributed by atoms with van der Waals surface area (Å²) in [7, 11) is 3.05. The van der Waals surface area contributed by atoms with Crippen molar-refractivity contribution in [1.29, 1.82) is 5.26 Å². The fourth-order valence-corrected chi connectivity index (χ4v) is 2.37. The van der Waals surface area contributed by atoms with E-state index in [-0.39, 0.29) is 10.6 Å². The van der Waals surface area contributed by atoms with Crippen LogP contribution in [-0.2, 0) is 4.79 Å². The van der Waals surface area contributed by atoms with Crippen LogP contribution in [0.1, 0.15) is 0 Å². The molecular formula is C18H15Cl2N3O3. The Bertz CT molecular complexity index is 892. The minimum Gasteiger partial charge on any atom is -0.493 e. The van der Waals surface area contributed by atoms with E-state index in [2.05, 4.69) is 10.6 Å². The molecule has 0 unspecified atom stereocenters. The summed E-state index contributed by atoms with van der Waals surface area (Å²) in [6.07, 6.45) is 1.29. The molecule has 0 atom stereocenters. The highest BCUT2D eigenvalue weighted by Gasteiger charge is 2.13. The van der Waals surface area contributed by atoms with E-state index in [0.29, 0.717) is 27.9 Å². The molecule has 0 heterocycles. The maximum atomic E-state index is 12.3. The van der Waals surface area contributed by atoms with Gasteiger partial charge in [0.05, 0.1) is 30.0 Å². The molecule has 1 amide bonds. The van der Waals surface area contributed by atoms with Crippen molar-refractivity contribution in [3.63, 3.8) is 0 Å². The van der Waals surface area contributed by atoms with Crippen molar-refractivity contribution in [2.75, 3.05) is 24.9 Å². The van der Waals surface area contributed by atoms with Crippen LogP contribution in [0, 0.1) is 11.3 Å². The monoisotopic (exact) mass is 391 g/mol. The van der Waals surface area contributed by atoms with E-state index >= 15 is 0 Å². The molecule has 6 nitrogen and oxygen atoms in total. The molecule has 0 fully saturated rings. The third kappa shape index (κ3) is 4.60. The van der Waals surface area contributed by atoms with Crippen LogP contribution in [0.3, 0.4) is 0 Å². The van der Waals surface area contributed by atoms with Crippen molar-refractivity contribution in [2.45, 2.75) is 0 Å². The molecule has 0 aromatic heterocycles. The highest BCUT2D eigenvalue weighted by Crippen LogP contribution is 2.31. The topological polar surface area (TPSA) is 83.4 Å². The summed E-state index contributed by atoms with van der Waals surface area (Å²) in [4.78, 5) is 12.3. The number of hydrogen-bond acceptors (Lipinski definition) is 5. The SMILES string of the molecule is COc1ccc(N/C=C(/C#N)C(=O)Nc2cccc(Cl)c2Cl)cc1OC. The number of anilines is 2. The molecule has 0 aliphatic rings. The first-order valence-corrected chi connectivity index (χ1v) is 8.10. The third-order valence-electron chi connectivity index (χ3n) is 3.33. The van der Waals surface area contributed by atoms with Crippen molar-refractivity contribution in [3.05, 3.63) is 58.2 Å². The first-order chi connectivity index (χ1) is 12.5. The van der Waals surface area contributed by atoms with Gasteiger partial charge in [0.15, 0.2) is 11.5 Å². The predicted molar refractivity (Wildman–Crippen MR) is 102 cm³/mol. The highest BCUT2D eigenvalue weighted by atomic mass is 35.5. The summed E-state index contributed by atoms with van der Waals surface area (Å²) in [6, 6.07) is 11.8. The molecule has 2 aromatic carbocycles. The lowest BCUT2D eigenvalue weighted by Gasteiger charge is -2.10. The normalized spacial score (nSPS) is 10.7. The van der Waals surface area contributed by atoms with Crippen molar-refractivity contribution < 1.29 is 14.3 Å². The highest BCUT2D eigenvalue weighted by molar-refractivity contribution is 6.44. The maximum absolute atomic E-state index is 12.3. The first-order valence-electron chi connectivity index (χ1n) is 7.34. The van der Waals surface area contributed by atoms with E-state index in [9.17, 15) is 10.1 Å². The number of nitrogens with one attached hydrogen (secondary N) is 2. The minimum atomic E-state index is -0.621. The quantitative estimate of drug-likeness (QED) is 0.560. The number of rotatable bonds is 6. The van der Waals surface area contributed by atoms with Crippen LogP contribution in [-0.4, -0.2) is 20.1 Å². The zero-order chi connectivity index (χ0) is 19.1. The lowest BCUT2D eigenvalue weighted by atomic mass is 10.2. The molecule has 2 rings (SSSR count). The van der Waals surface area contributed by atoms with Gasteiger partial charge >= 0.3 is 0 Å². The second kappa shape index (κ2) is 8.99. The standard InChI is InChI=1S/C18H15Cl2N3O3/c1-25-15-7-6-12(8-16(15)26-2)22-10-11(9-21)18(24)23-14-5-3-4-13(19)17(14)20/h3-8,10,22H,1-2H3,(H,23,24)/b11-10-. The molecule has 0 bridgehead atoms. The Morgan fingerprint density at radius 2 is 1.88 bits per heavy atom. The largest absolute Gasteiger partial charge is 0.493 e. The summed E-state index contributed by atoms with van der Waals surface area (Å²) in [5.74, 6) is 0.458. The van der Waals surface area contributed by atoms with Crippen LogP contribution >= 0.6 is 23.2 Å². The van der Waals surface area contributed by atoms with Gasteiger partial charge in [-0.15, -0.1) is 0 Å². The van der Waals surface area contributed by atoms with Crippen molar-refractivity contribution >= 4 is 40.5 Å². The van der Waals surface area contributed by atoms with Gasteiger partial charge in [-0.2, -0.15) is 5.26 Å². The number of carbonyl (C=O) groups is 1. The van der Waals surface area contributed by atoms with E-state index in [0.717, 1.165) is 0 Å². The Morgan fingerprint density at radius 1 is 1.15 bits per heavy atom. The van der Waals surface area contributed by atoms with Gasteiger partial charge in [0, 0.05) is 18.0 Å². The van der Waals surface area contributed by atoms with E-state index in [1.165, 1.54) is 20.4 Å². The molecular weight excluding hydrogens is 377 g/mol. The van der Waals surface area contributed by atoms with Gasteiger partial charge in [-0.3, -0.25) is 4.79 Å². The zero-order valence-corrected chi connectivity index (χ0v) is 15.5. The summed E-state index contributed by atoms with van der Waals surface area (Å²) < 4.78 is 10.4. The molecule has 0 spiro atoms. The lowest BCUT2D eigenvalue weighted by molar-refractivity contribution is -0.112. The van der Waals surface area contributed by atoms with Gasteiger partial charge in [-0.05, 0) is 24.3 Å². The second-order valence-corrected chi connectivity index (χ2v) is 5.72. The van der Waals surface area contributed by atoms with Gasteiger partial charge in [0.2, 0.25) is 0 Å². The maximum Gasteiger partial charge on any atom is 0.267 e. The van der Waals surface area contributed by atoms with Gasteiger partial charge in [-0.25, -0.2) is 0 Å². The van der Waals surface area contributed by atoms with Crippen LogP contribution < -0.4 is 20.1 Å². The number of hydrogen-bond donors (Lipinski definition) is 2. The number of ether oxygens (including phenoxy) is 2. The van der Waals surface area contributed by atoms with Crippen LogP contribution in [0.2, 0.25) is 10.0 Å². The Balaban J connectivity index is 2.16. The first kappa shape index (κ1) is 19.4. The molecule has 0 saturated carbocycles. The number of methoxy groups -OCH3 is 2. The fraction of sp³-hybridized carbons (Fsp3) is 0.111. The van der Waals surface area contributed by atoms with Gasteiger partial charge in [-0.1, -0.05) is 29.3 Å². The van der Waals surface area contributed by atoms with Gasteiger partial charge in [0.25, 0.3) is 5.91 Å². The van der Waals surface area contributed by atoms with E-state index < -0.39 is 5.91 Å². The molecule has 8 heteroatoms. The fourth-order valence-electron chi connectivity index (χ4n) is 2.02. The Labute approximate surface area is 160 Å². The van der Waals surface area contributed by atoms with Crippen molar-refractivity contribution in [1.82, 2.24) is 0 Å². The molecule has 26 heavy (non-hydrogen) atoms. The third-order valence-corrected chi connectivity index (χ3v) is 4.15. The number of halogens is 2. The van der Waals surface area contributed by atoms with Crippen LogP contribution in [0.5, 0.6) is 11.5 Å². The van der Waals surface area contributed by atoms with Crippen LogP contribution in [0.4, 0.5) is 11.4 Å². The molecule has 0 aliphatic heterocycles. The summed E-state index contributed by atoms with van der Waals surface area (Å²) in [5.41, 5.74) is 0.788. The molecule has 0 radical (unpaired) electrons. The zero-order valence-electron chi connectivity index (χ0n) is 14.0. The predicted octanol–water partition coefficient (Wildman–Crippen LogP) is 4.47. The minimum absolute atomic E-state index is 0.143. The summed E-state index contributed by atoms with van der Waals surface area (Å²) >= 11 is 11.9. The number of amides is 1. The van der Waals surface area contributed by atoms with E-state index in [1.807, 2.05) is 6.07 Å². The van der Waals surface area contributed by atoms with E-state index in [4.69, 9.17) is 32.7 Å². The number of nitriles is 1. The van der Waals surface area contributed by atoms with Gasteiger partial charge < -0.3 is 20.1 Å². The Kier molecular flexibility index (Phi) is 6.73. The van der Waals surface area contributed by atoms with E-state index in [1.54, 1.807) is 36.4 Å². The molecule has 0 saturated heterocycles. The Morgan fingerprint density at radius 3 is 2.54 bits per heavy atom. The molecule has 2 aromatic rings. The number of benzene rings is 2. The molecule has 2 N–H and O–H groups in total. The average Bonchev–Trinajstić information content (AvgIpc) is 2.65. The van der Waals surface area contributed by atoms with Crippen LogP contribution in [0.25, 0.3) is 0 Å². The second-order valence-electron chi connectivity index (χ2n) is 4.94. The van der Waals surface area contributed by atoms with Gasteiger partial charge in [0.1, 0.15) is 11.6 Å². The average molecular weight is 392 g/mol. The Hall–Kier alpha value is -2.88. The smallest absolute Gasteiger partial charge is 0.267 e. The summed E-state index contributed by atoms with van der Waals surface area (Å²) in [6.45, 7) is 0. The lowest BCUT2D eigenvalue weighted by Crippen LogP contribution is -2.15. The van der Waals surface area contributed by atoms with Crippen molar-refractivity contribution in [3.8, 4) is 17.6 Å².